The lowest BCUT2D eigenvalue weighted by atomic mass is 9.95. The third kappa shape index (κ3) is 3.68. The first-order valence-corrected chi connectivity index (χ1v) is 8.75. The van der Waals surface area contributed by atoms with Crippen molar-refractivity contribution in [1.29, 1.82) is 0 Å². The second-order valence-corrected chi connectivity index (χ2v) is 8.54. The second-order valence-electron chi connectivity index (χ2n) is 6.53. The number of hydrogen-bond acceptors (Lipinski definition) is 4. The van der Waals surface area contributed by atoms with Crippen molar-refractivity contribution >= 4 is 22.7 Å². The molecule has 0 saturated carbocycles. The van der Waals surface area contributed by atoms with E-state index >= 15 is 0 Å². The summed E-state index contributed by atoms with van der Waals surface area (Å²) in [5, 5.41) is 6.94. The van der Waals surface area contributed by atoms with Gasteiger partial charge in [0.1, 0.15) is 5.01 Å². The molecule has 0 saturated heterocycles. The van der Waals surface area contributed by atoms with Gasteiger partial charge in [-0.25, -0.2) is 4.98 Å². The highest BCUT2D eigenvalue weighted by atomic mass is 32.1. The molecule has 0 amide bonds. The van der Waals surface area contributed by atoms with Crippen molar-refractivity contribution in [3.8, 4) is 0 Å². The van der Waals surface area contributed by atoms with Gasteiger partial charge in [-0.2, -0.15) is 0 Å². The third-order valence-corrected chi connectivity index (χ3v) is 5.64. The van der Waals surface area contributed by atoms with Crippen LogP contribution in [0.25, 0.3) is 0 Å². The van der Waals surface area contributed by atoms with Crippen LogP contribution < -0.4 is 5.32 Å². The minimum atomic E-state index is 0.212. The van der Waals surface area contributed by atoms with Crippen LogP contribution in [0.4, 0.5) is 0 Å². The Kier molecular flexibility index (Phi) is 4.67. The first-order chi connectivity index (χ1) is 9.27. The molecule has 2 aromatic rings. The van der Waals surface area contributed by atoms with Crippen LogP contribution in [0.3, 0.4) is 0 Å². The lowest BCUT2D eigenvalue weighted by Crippen LogP contribution is -2.28. The van der Waals surface area contributed by atoms with E-state index in [-0.39, 0.29) is 11.5 Å². The van der Waals surface area contributed by atoms with Crippen LogP contribution in [-0.2, 0) is 5.41 Å². The summed E-state index contributed by atoms with van der Waals surface area (Å²) in [5.74, 6) is 0. The zero-order valence-electron chi connectivity index (χ0n) is 13.2. The third-order valence-electron chi connectivity index (χ3n) is 3.03. The fourth-order valence-electron chi connectivity index (χ4n) is 2.02. The normalized spacial score (nSPS) is 13.9. The lowest BCUT2D eigenvalue weighted by molar-refractivity contribution is 0.532. The topological polar surface area (TPSA) is 24.9 Å². The van der Waals surface area contributed by atoms with Gasteiger partial charge >= 0.3 is 0 Å². The molecule has 0 aliphatic heterocycles. The molecule has 110 valence electrons. The summed E-state index contributed by atoms with van der Waals surface area (Å²) in [6, 6.07) is 5.16. The fourth-order valence-corrected chi connectivity index (χ4v) is 4.10. The van der Waals surface area contributed by atoms with Gasteiger partial charge in [0, 0.05) is 26.9 Å². The van der Waals surface area contributed by atoms with Gasteiger partial charge in [-0.15, -0.1) is 22.7 Å². The van der Waals surface area contributed by atoms with E-state index in [2.05, 4.69) is 69.4 Å². The molecule has 4 heteroatoms. The van der Waals surface area contributed by atoms with Crippen molar-refractivity contribution in [3.63, 3.8) is 0 Å². The molecule has 1 atom stereocenters. The SMILES string of the molecule is Cc1csc(C(NC(C)C)c2ccc(C(C)(C)C)s2)n1. The number of rotatable bonds is 4. The number of nitrogens with one attached hydrogen (secondary N) is 1. The van der Waals surface area contributed by atoms with Gasteiger partial charge in [-0.1, -0.05) is 20.8 Å². The highest BCUT2D eigenvalue weighted by Crippen LogP contribution is 2.35. The molecule has 2 rings (SSSR count). The molecule has 0 aliphatic carbocycles. The van der Waals surface area contributed by atoms with Gasteiger partial charge in [0.05, 0.1) is 6.04 Å². The number of aromatic nitrogens is 1. The molecule has 0 bridgehead atoms. The van der Waals surface area contributed by atoms with Gasteiger partial charge in [-0.05, 0) is 38.3 Å². The molecule has 2 nitrogen and oxygen atoms in total. The van der Waals surface area contributed by atoms with E-state index in [9.17, 15) is 0 Å². The minimum absolute atomic E-state index is 0.212. The van der Waals surface area contributed by atoms with E-state index in [4.69, 9.17) is 0 Å². The Morgan fingerprint density at radius 3 is 2.35 bits per heavy atom. The molecule has 1 unspecified atom stereocenters. The molecule has 20 heavy (non-hydrogen) atoms. The van der Waals surface area contributed by atoms with E-state index in [0.29, 0.717) is 6.04 Å². The van der Waals surface area contributed by atoms with E-state index < -0.39 is 0 Å². The van der Waals surface area contributed by atoms with Crippen LogP contribution in [0.15, 0.2) is 17.5 Å². The number of hydrogen-bond donors (Lipinski definition) is 1. The van der Waals surface area contributed by atoms with Crippen LogP contribution >= 0.6 is 22.7 Å². The summed E-state index contributed by atoms with van der Waals surface area (Å²) in [6.07, 6.45) is 0. The molecule has 2 aromatic heterocycles. The summed E-state index contributed by atoms with van der Waals surface area (Å²) < 4.78 is 0. The van der Waals surface area contributed by atoms with Crippen LogP contribution in [0.2, 0.25) is 0 Å². The number of aryl methyl sites for hydroxylation is 1. The molecule has 0 fully saturated rings. The maximum Gasteiger partial charge on any atom is 0.115 e. The van der Waals surface area contributed by atoms with Gasteiger partial charge < -0.3 is 5.32 Å². The Morgan fingerprint density at radius 1 is 1.20 bits per heavy atom. The van der Waals surface area contributed by atoms with Crippen molar-refractivity contribution in [1.82, 2.24) is 10.3 Å². The zero-order chi connectivity index (χ0) is 14.9. The van der Waals surface area contributed by atoms with E-state index in [1.807, 2.05) is 11.3 Å². The molecule has 2 heterocycles. The van der Waals surface area contributed by atoms with Crippen molar-refractivity contribution in [2.75, 3.05) is 0 Å². The Morgan fingerprint density at radius 2 is 1.90 bits per heavy atom. The Balaban J connectivity index is 2.34. The number of nitrogens with zero attached hydrogens (tertiary/aromatic N) is 1. The number of thiophene rings is 1. The average Bonchev–Trinajstić information content (AvgIpc) is 2.93. The Hall–Kier alpha value is -0.710. The zero-order valence-corrected chi connectivity index (χ0v) is 14.8. The average molecular weight is 309 g/mol. The van der Waals surface area contributed by atoms with Crippen LogP contribution in [0, 0.1) is 6.92 Å². The maximum atomic E-state index is 4.67. The molecule has 1 N–H and O–H groups in total. The summed E-state index contributed by atoms with van der Waals surface area (Å²) in [5.41, 5.74) is 1.32. The van der Waals surface area contributed by atoms with Gasteiger partial charge in [-0.3, -0.25) is 0 Å². The summed E-state index contributed by atoms with van der Waals surface area (Å²) in [7, 11) is 0. The first-order valence-electron chi connectivity index (χ1n) is 7.05. The molecule has 0 aliphatic rings. The van der Waals surface area contributed by atoms with E-state index in [1.54, 1.807) is 11.3 Å². The van der Waals surface area contributed by atoms with Crippen molar-refractivity contribution in [2.45, 2.75) is 59.0 Å². The molecule has 0 radical (unpaired) electrons. The molecular formula is C16H24N2S2. The monoisotopic (exact) mass is 308 g/mol. The van der Waals surface area contributed by atoms with Gasteiger partial charge in [0.25, 0.3) is 0 Å². The predicted molar refractivity (Wildman–Crippen MR) is 90.0 cm³/mol. The van der Waals surface area contributed by atoms with Gasteiger partial charge in [0.2, 0.25) is 0 Å². The predicted octanol–water partition coefficient (Wildman–Crippen LogP) is 4.90. The number of thiazole rings is 1. The Bertz CT molecular complexity index is 561. The van der Waals surface area contributed by atoms with Crippen molar-refractivity contribution in [3.05, 3.63) is 38.0 Å². The minimum Gasteiger partial charge on any atom is -0.301 e. The second kappa shape index (κ2) is 5.96. The molecular weight excluding hydrogens is 284 g/mol. The standard InChI is InChI=1S/C16H24N2S2/c1-10(2)17-14(15-18-11(3)9-19-15)12-7-8-13(20-12)16(4,5)6/h7-10,14,17H,1-6H3. The van der Waals surface area contributed by atoms with Crippen LogP contribution in [-0.4, -0.2) is 11.0 Å². The molecule has 0 aromatic carbocycles. The highest BCUT2D eigenvalue weighted by Gasteiger charge is 2.23. The maximum absolute atomic E-state index is 4.67. The largest absolute Gasteiger partial charge is 0.301 e. The van der Waals surface area contributed by atoms with Crippen molar-refractivity contribution < 1.29 is 0 Å². The van der Waals surface area contributed by atoms with Crippen molar-refractivity contribution in [2.24, 2.45) is 0 Å². The van der Waals surface area contributed by atoms with Gasteiger partial charge in [0.15, 0.2) is 0 Å². The Labute approximate surface area is 130 Å². The quantitative estimate of drug-likeness (QED) is 0.869. The van der Waals surface area contributed by atoms with E-state index in [0.717, 1.165) is 5.69 Å². The molecule has 0 spiro atoms. The smallest absolute Gasteiger partial charge is 0.115 e. The summed E-state index contributed by atoms with van der Waals surface area (Å²) >= 11 is 3.64. The highest BCUT2D eigenvalue weighted by molar-refractivity contribution is 7.13. The summed E-state index contributed by atoms with van der Waals surface area (Å²) in [6.45, 7) is 13.2. The van der Waals surface area contributed by atoms with E-state index in [1.165, 1.54) is 14.8 Å². The fraction of sp³-hybridized carbons (Fsp3) is 0.562. The summed E-state index contributed by atoms with van der Waals surface area (Å²) in [4.78, 5) is 7.46. The van der Waals surface area contributed by atoms with Crippen LogP contribution in [0.1, 0.15) is 61.1 Å². The first kappa shape index (κ1) is 15.7. The van der Waals surface area contributed by atoms with Crippen LogP contribution in [0.5, 0.6) is 0 Å². The lowest BCUT2D eigenvalue weighted by Gasteiger charge is -2.19.